The predicted octanol–water partition coefficient (Wildman–Crippen LogP) is 1.07. The van der Waals surface area contributed by atoms with Crippen LogP contribution in [-0.2, 0) is 19.1 Å². The van der Waals surface area contributed by atoms with Crippen molar-refractivity contribution in [1.82, 2.24) is 14.7 Å². The van der Waals surface area contributed by atoms with E-state index in [-0.39, 0.29) is 42.8 Å². The van der Waals surface area contributed by atoms with Gasteiger partial charge in [0, 0.05) is 19.5 Å². The summed E-state index contributed by atoms with van der Waals surface area (Å²) in [6, 6.07) is 4.87. The lowest BCUT2D eigenvalue weighted by Gasteiger charge is -2.35. The molecule has 0 bridgehead atoms. The maximum atomic E-state index is 13.2. The third-order valence-corrected chi connectivity index (χ3v) is 6.62. The number of hydrogen-bond donors (Lipinski definition) is 0. The highest BCUT2D eigenvalue weighted by atomic mass is 16.5. The average molecular weight is 441 g/mol. The number of amides is 4. The van der Waals surface area contributed by atoms with Gasteiger partial charge >= 0.3 is 5.97 Å². The standard InChI is InChI=1S/C23H27N3O6/c1-14-9-11-24(13-14)18(23(31)32-2)10-12-25-19(27)8-7-17(22(25)30)26-20(28)15-5-3-4-6-16(15)21(26)29/h3-6,14,17-18H,7-13H2,1-2H3. The van der Waals surface area contributed by atoms with Crippen molar-refractivity contribution >= 4 is 29.6 Å². The van der Waals surface area contributed by atoms with E-state index < -0.39 is 35.8 Å². The van der Waals surface area contributed by atoms with Gasteiger partial charge in [0.2, 0.25) is 5.91 Å². The van der Waals surface area contributed by atoms with E-state index in [4.69, 9.17) is 4.74 Å². The number of imide groups is 2. The van der Waals surface area contributed by atoms with Gasteiger partial charge in [-0.2, -0.15) is 0 Å². The van der Waals surface area contributed by atoms with Crippen molar-refractivity contribution in [2.75, 3.05) is 26.7 Å². The Morgan fingerprint density at radius 2 is 1.75 bits per heavy atom. The molecule has 0 spiro atoms. The number of ether oxygens (including phenoxy) is 1. The van der Waals surface area contributed by atoms with Crippen molar-refractivity contribution < 1.29 is 28.7 Å². The lowest BCUT2D eigenvalue weighted by molar-refractivity contribution is -0.154. The Balaban J connectivity index is 1.49. The van der Waals surface area contributed by atoms with Crippen LogP contribution < -0.4 is 0 Å². The molecule has 2 fully saturated rings. The highest BCUT2D eigenvalue weighted by molar-refractivity contribution is 6.23. The quantitative estimate of drug-likeness (QED) is 0.480. The summed E-state index contributed by atoms with van der Waals surface area (Å²) in [6.07, 6.45) is 1.36. The van der Waals surface area contributed by atoms with Gasteiger partial charge in [-0.15, -0.1) is 0 Å². The number of likely N-dealkylation sites (tertiary alicyclic amines) is 2. The molecule has 4 rings (SSSR count). The number of carbonyl (C=O) groups is 5. The monoisotopic (exact) mass is 441 g/mol. The van der Waals surface area contributed by atoms with E-state index in [1.807, 2.05) is 4.90 Å². The maximum absolute atomic E-state index is 13.2. The van der Waals surface area contributed by atoms with Gasteiger partial charge in [-0.3, -0.25) is 38.7 Å². The summed E-state index contributed by atoms with van der Waals surface area (Å²) < 4.78 is 4.95. The molecule has 1 aromatic rings. The van der Waals surface area contributed by atoms with Crippen molar-refractivity contribution in [3.63, 3.8) is 0 Å². The molecule has 32 heavy (non-hydrogen) atoms. The fourth-order valence-corrected chi connectivity index (χ4v) is 4.88. The van der Waals surface area contributed by atoms with Crippen LogP contribution in [0.25, 0.3) is 0 Å². The maximum Gasteiger partial charge on any atom is 0.323 e. The van der Waals surface area contributed by atoms with Gasteiger partial charge in [0.05, 0.1) is 18.2 Å². The minimum atomic E-state index is -1.02. The van der Waals surface area contributed by atoms with E-state index in [0.29, 0.717) is 5.92 Å². The first-order chi connectivity index (χ1) is 15.3. The molecule has 0 saturated carbocycles. The van der Waals surface area contributed by atoms with Crippen molar-refractivity contribution in [2.45, 2.75) is 44.7 Å². The lowest BCUT2D eigenvalue weighted by atomic mass is 10.0. The van der Waals surface area contributed by atoms with E-state index >= 15 is 0 Å². The van der Waals surface area contributed by atoms with Gasteiger partial charge in [0.25, 0.3) is 17.7 Å². The molecular weight excluding hydrogens is 414 g/mol. The highest BCUT2D eigenvalue weighted by Crippen LogP contribution is 2.29. The summed E-state index contributed by atoms with van der Waals surface area (Å²) in [6.45, 7) is 3.64. The molecule has 0 aliphatic carbocycles. The second-order valence-corrected chi connectivity index (χ2v) is 8.68. The largest absolute Gasteiger partial charge is 0.468 e. The third kappa shape index (κ3) is 3.81. The van der Waals surface area contributed by atoms with Gasteiger partial charge in [-0.1, -0.05) is 19.1 Å². The molecule has 3 aliphatic heterocycles. The van der Waals surface area contributed by atoms with Crippen molar-refractivity contribution in [2.24, 2.45) is 5.92 Å². The highest BCUT2D eigenvalue weighted by Gasteiger charge is 2.47. The zero-order valence-corrected chi connectivity index (χ0v) is 18.3. The molecule has 170 valence electrons. The Morgan fingerprint density at radius 3 is 2.31 bits per heavy atom. The van der Waals surface area contributed by atoms with Crippen LogP contribution >= 0.6 is 0 Å². The summed E-state index contributed by atoms with van der Waals surface area (Å²) >= 11 is 0. The lowest BCUT2D eigenvalue weighted by Crippen LogP contribution is -2.57. The molecule has 9 nitrogen and oxygen atoms in total. The Morgan fingerprint density at radius 1 is 1.09 bits per heavy atom. The molecular formula is C23H27N3O6. The molecule has 3 aliphatic rings. The zero-order chi connectivity index (χ0) is 23.0. The van der Waals surface area contributed by atoms with Crippen LogP contribution in [0.3, 0.4) is 0 Å². The van der Waals surface area contributed by atoms with E-state index in [1.54, 1.807) is 24.3 Å². The number of methoxy groups -OCH3 is 1. The molecule has 0 aromatic heterocycles. The summed E-state index contributed by atoms with van der Waals surface area (Å²) in [4.78, 5) is 67.9. The van der Waals surface area contributed by atoms with E-state index in [1.165, 1.54) is 7.11 Å². The number of fused-ring (bicyclic) bond motifs is 1. The Bertz CT molecular complexity index is 941. The van der Waals surface area contributed by atoms with Crippen LogP contribution in [0.15, 0.2) is 24.3 Å². The number of carbonyl (C=O) groups excluding carboxylic acids is 5. The normalized spacial score (nSPS) is 24.8. The van der Waals surface area contributed by atoms with Crippen LogP contribution in [-0.4, -0.2) is 83.1 Å². The zero-order valence-electron chi connectivity index (χ0n) is 18.3. The molecule has 3 heterocycles. The van der Waals surface area contributed by atoms with Gasteiger partial charge < -0.3 is 4.74 Å². The number of piperidine rings is 1. The number of esters is 1. The Labute approximate surface area is 186 Å². The second-order valence-electron chi connectivity index (χ2n) is 8.68. The van der Waals surface area contributed by atoms with Crippen LogP contribution in [0.2, 0.25) is 0 Å². The van der Waals surface area contributed by atoms with Crippen LogP contribution in [0.4, 0.5) is 0 Å². The first-order valence-electron chi connectivity index (χ1n) is 11.0. The Kier molecular flexibility index (Phi) is 6.10. The fourth-order valence-electron chi connectivity index (χ4n) is 4.88. The predicted molar refractivity (Wildman–Crippen MR) is 112 cm³/mol. The topological polar surface area (TPSA) is 104 Å². The van der Waals surface area contributed by atoms with E-state index in [9.17, 15) is 24.0 Å². The first kappa shape index (κ1) is 22.1. The number of benzene rings is 1. The number of rotatable bonds is 6. The molecule has 1 aromatic carbocycles. The summed E-state index contributed by atoms with van der Waals surface area (Å²) in [7, 11) is 1.32. The molecule has 3 atom stereocenters. The molecule has 4 amide bonds. The smallest absolute Gasteiger partial charge is 0.323 e. The van der Waals surface area contributed by atoms with E-state index in [0.717, 1.165) is 29.3 Å². The molecule has 9 heteroatoms. The second kappa shape index (κ2) is 8.82. The summed E-state index contributed by atoms with van der Waals surface area (Å²) in [5.41, 5.74) is 0.533. The van der Waals surface area contributed by atoms with Crippen LogP contribution in [0, 0.1) is 5.92 Å². The third-order valence-electron chi connectivity index (χ3n) is 6.62. The first-order valence-corrected chi connectivity index (χ1v) is 11.0. The average Bonchev–Trinajstić information content (AvgIpc) is 3.32. The Hall–Kier alpha value is -3.07. The SMILES string of the molecule is COC(=O)C(CCN1C(=O)CCC(N2C(=O)c3ccccc3C2=O)C1=O)N1CCC(C)C1. The summed E-state index contributed by atoms with van der Waals surface area (Å²) in [5.74, 6) is -1.91. The fraction of sp³-hybridized carbons (Fsp3) is 0.522. The van der Waals surface area contributed by atoms with Crippen molar-refractivity contribution in [1.29, 1.82) is 0 Å². The molecule has 3 unspecified atom stereocenters. The van der Waals surface area contributed by atoms with Crippen molar-refractivity contribution in [3.05, 3.63) is 35.4 Å². The van der Waals surface area contributed by atoms with Gasteiger partial charge in [0.1, 0.15) is 12.1 Å². The molecule has 2 saturated heterocycles. The minimum absolute atomic E-state index is 0.0297. The minimum Gasteiger partial charge on any atom is -0.468 e. The molecule has 0 radical (unpaired) electrons. The number of nitrogens with zero attached hydrogens (tertiary/aromatic N) is 3. The molecule has 0 N–H and O–H groups in total. The van der Waals surface area contributed by atoms with Gasteiger partial charge in [0.15, 0.2) is 0 Å². The van der Waals surface area contributed by atoms with Crippen LogP contribution in [0.5, 0.6) is 0 Å². The number of hydrogen-bond acceptors (Lipinski definition) is 7. The van der Waals surface area contributed by atoms with Gasteiger partial charge in [-0.25, -0.2) is 0 Å². The van der Waals surface area contributed by atoms with Crippen LogP contribution in [0.1, 0.15) is 53.3 Å². The van der Waals surface area contributed by atoms with Crippen molar-refractivity contribution in [3.8, 4) is 0 Å². The summed E-state index contributed by atoms with van der Waals surface area (Å²) in [5, 5.41) is 0. The van der Waals surface area contributed by atoms with E-state index in [2.05, 4.69) is 6.92 Å². The van der Waals surface area contributed by atoms with Gasteiger partial charge in [-0.05, 0) is 43.9 Å².